The molecule has 103 valence electrons. The van der Waals surface area contributed by atoms with Gasteiger partial charge in [-0.25, -0.2) is 0 Å². The molecule has 0 aliphatic carbocycles. The quantitative estimate of drug-likeness (QED) is 0.616. The maximum absolute atomic E-state index is 11.9. The topological polar surface area (TPSA) is 23.8 Å². The SMILES string of the molecule is C[CH2][Ge]([CH2]C)[CH2]C.[NH-]c1cccc(C(F)(F)F)c1. The Morgan fingerprint density at radius 1 is 1.06 bits per heavy atom. The Labute approximate surface area is 112 Å². The monoisotopic (exact) mass is 321 g/mol. The minimum Gasteiger partial charge on any atom is -0.699 e. The van der Waals surface area contributed by atoms with Gasteiger partial charge in [-0.1, -0.05) is 24.3 Å². The molecule has 0 unspecified atom stereocenters. The van der Waals surface area contributed by atoms with Gasteiger partial charge in [-0.05, 0) is 0 Å². The Morgan fingerprint density at radius 3 is 1.78 bits per heavy atom. The predicted molar refractivity (Wildman–Crippen MR) is 72.6 cm³/mol. The van der Waals surface area contributed by atoms with Crippen molar-refractivity contribution in [3.05, 3.63) is 35.6 Å². The van der Waals surface area contributed by atoms with Crippen molar-refractivity contribution in [1.29, 1.82) is 0 Å². The molecule has 0 fully saturated rings. The van der Waals surface area contributed by atoms with Crippen LogP contribution in [0.2, 0.25) is 15.8 Å². The average molecular weight is 320 g/mol. The van der Waals surface area contributed by atoms with Crippen LogP contribution < -0.4 is 0 Å². The van der Waals surface area contributed by atoms with Crippen LogP contribution in [0.3, 0.4) is 0 Å². The van der Waals surface area contributed by atoms with Gasteiger partial charge in [-0.3, -0.25) is 0 Å². The number of hydrogen-bond acceptors (Lipinski definition) is 0. The Balaban J connectivity index is 0.000000360. The van der Waals surface area contributed by atoms with Crippen molar-refractivity contribution in [1.82, 2.24) is 0 Å². The molecular formula is C13H20F3GeN-. The largest absolute Gasteiger partial charge is 0.699 e. The molecule has 0 bridgehead atoms. The van der Waals surface area contributed by atoms with E-state index in [4.69, 9.17) is 5.73 Å². The summed E-state index contributed by atoms with van der Waals surface area (Å²) in [6, 6.07) is 4.25. The van der Waals surface area contributed by atoms with Crippen LogP contribution in [0.4, 0.5) is 18.9 Å². The van der Waals surface area contributed by atoms with E-state index in [0.29, 0.717) is 0 Å². The molecule has 0 saturated heterocycles. The molecule has 18 heavy (non-hydrogen) atoms. The fourth-order valence-electron chi connectivity index (χ4n) is 1.45. The van der Waals surface area contributed by atoms with Crippen molar-refractivity contribution >= 4 is 20.0 Å². The fraction of sp³-hybridized carbons (Fsp3) is 0.538. The Bertz CT molecular complexity index is 330. The second-order valence-electron chi connectivity index (χ2n) is 3.89. The molecule has 0 atom stereocenters. The summed E-state index contributed by atoms with van der Waals surface area (Å²) in [5.41, 5.74) is 6.02. The van der Waals surface area contributed by atoms with Gasteiger partial charge in [0, 0.05) is 0 Å². The van der Waals surface area contributed by atoms with Crippen LogP contribution in [0, 0.1) is 0 Å². The minimum absolute atomic E-state index is 0.125. The predicted octanol–water partition coefficient (Wildman–Crippen LogP) is 5.93. The molecule has 1 rings (SSSR count). The molecule has 0 heterocycles. The summed E-state index contributed by atoms with van der Waals surface area (Å²) in [6.45, 7) is 7.01. The summed E-state index contributed by atoms with van der Waals surface area (Å²) in [5, 5.41) is 4.56. The van der Waals surface area contributed by atoms with E-state index in [-0.39, 0.29) is 5.69 Å². The van der Waals surface area contributed by atoms with Gasteiger partial charge < -0.3 is 5.73 Å². The molecule has 0 saturated carbocycles. The van der Waals surface area contributed by atoms with E-state index in [9.17, 15) is 13.2 Å². The smallest absolute Gasteiger partial charge is 0.416 e. The van der Waals surface area contributed by atoms with E-state index in [2.05, 4.69) is 20.8 Å². The first-order chi connectivity index (χ1) is 8.35. The Morgan fingerprint density at radius 2 is 1.56 bits per heavy atom. The van der Waals surface area contributed by atoms with Crippen LogP contribution in [-0.2, 0) is 6.18 Å². The van der Waals surface area contributed by atoms with E-state index in [1.807, 2.05) is 0 Å². The summed E-state index contributed by atoms with van der Waals surface area (Å²) in [6.07, 6.45) is -4.34. The Hall–Kier alpha value is -0.647. The molecule has 1 aromatic carbocycles. The van der Waals surface area contributed by atoms with Crippen molar-refractivity contribution in [2.24, 2.45) is 0 Å². The average Bonchev–Trinajstić information content (AvgIpc) is 2.31. The third kappa shape index (κ3) is 6.94. The first-order valence-electron chi connectivity index (χ1n) is 6.07. The third-order valence-corrected chi connectivity index (χ3v) is 8.98. The molecule has 0 amide bonds. The van der Waals surface area contributed by atoms with Gasteiger partial charge in [0.2, 0.25) is 0 Å². The van der Waals surface area contributed by atoms with E-state index in [0.717, 1.165) is 12.1 Å². The minimum atomic E-state index is -4.34. The van der Waals surface area contributed by atoms with E-state index < -0.39 is 26.1 Å². The van der Waals surface area contributed by atoms with Gasteiger partial charge in [0.1, 0.15) is 0 Å². The number of alkyl halides is 3. The Kier molecular flexibility index (Phi) is 8.15. The van der Waals surface area contributed by atoms with Crippen LogP contribution in [0.1, 0.15) is 26.3 Å². The standard InChI is InChI=1S/C7H5F3N.C6H15Ge/c8-7(9,10)5-2-1-3-6(11)4-5;1-4-7(5-2)6-3/h1-4,11H;4-6H2,1-3H3/q-1;. The molecule has 0 aliphatic rings. The second-order valence-corrected chi connectivity index (χ2v) is 11.5. The zero-order valence-corrected chi connectivity index (χ0v) is 13.2. The van der Waals surface area contributed by atoms with Gasteiger partial charge >= 0.3 is 57.1 Å². The summed E-state index contributed by atoms with van der Waals surface area (Å²) in [4.78, 5) is 0. The first-order valence-corrected chi connectivity index (χ1v) is 10.5. The molecule has 1 aromatic rings. The zero-order valence-electron chi connectivity index (χ0n) is 11.1. The second kappa shape index (κ2) is 8.45. The fourth-order valence-corrected chi connectivity index (χ4v) is 4.59. The van der Waals surface area contributed by atoms with Crippen molar-refractivity contribution in [3.8, 4) is 0 Å². The molecule has 0 spiro atoms. The van der Waals surface area contributed by atoms with Crippen LogP contribution in [0.25, 0.3) is 5.73 Å². The summed E-state index contributed by atoms with van der Waals surface area (Å²) in [7, 11) is 0. The van der Waals surface area contributed by atoms with Gasteiger partial charge in [0.25, 0.3) is 0 Å². The van der Waals surface area contributed by atoms with Crippen LogP contribution >= 0.6 is 0 Å². The van der Waals surface area contributed by atoms with Crippen molar-refractivity contribution in [2.75, 3.05) is 0 Å². The molecular weight excluding hydrogens is 300 g/mol. The molecule has 0 aromatic heterocycles. The normalized spacial score (nSPS) is 11.1. The van der Waals surface area contributed by atoms with Crippen molar-refractivity contribution in [3.63, 3.8) is 0 Å². The molecule has 0 aliphatic heterocycles. The van der Waals surface area contributed by atoms with E-state index in [1.54, 1.807) is 0 Å². The van der Waals surface area contributed by atoms with E-state index >= 15 is 0 Å². The summed E-state index contributed by atoms with van der Waals surface area (Å²) < 4.78 is 35.7. The zero-order chi connectivity index (χ0) is 14.2. The van der Waals surface area contributed by atoms with Gasteiger partial charge in [0.15, 0.2) is 0 Å². The number of benzene rings is 1. The first kappa shape index (κ1) is 17.4. The van der Waals surface area contributed by atoms with Gasteiger partial charge in [0.05, 0.1) is 5.56 Å². The number of halogens is 3. The van der Waals surface area contributed by atoms with Crippen molar-refractivity contribution < 1.29 is 13.2 Å². The summed E-state index contributed by atoms with van der Waals surface area (Å²) >= 11 is -0.403. The maximum atomic E-state index is 11.9. The van der Waals surface area contributed by atoms with Gasteiger partial charge in [-0.2, -0.15) is 13.2 Å². The molecule has 1 N–H and O–H groups in total. The van der Waals surface area contributed by atoms with Crippen molar-refractivity contribution in [2.45, 2.75) is 42.7 Å². The third-order valence-electron chi connectivity index (χ3n) is 2.69. The van der Waals surface area contributed by atoms with Crippen LogP contribution in [-0.4, -0.2) is 14.3 Å². The number of hydrogen-bond donors (Lipinski definition) is 0. The molecule has 1 nitrogen and oxygen atoms in total. The summed E-state index contributed by atoms with van der Waals surface area (Å²) in [5.74, 6) is 0. The van der Waals surface area contributed by atoms with Crippen LogP contribution in [0.5, 0.6) is 0 Å². The molecule has 5 heteroatoms. The number of rotatable bonds is 3. The van der Waals surface area contributed by atoms with Gasteiger partial charge in [-0.15, -0.1) is 5.69 Å². The molecule has 1 radical (unpaired) electrons. The maximum Gasteiger partial charge on any atom is 0.416 e. The van der Waals surface area contributed by atoms with Crippen LogP contribution in [0.15, 0.2) is 24.3 Å². The van der Waals surface area contributed by atoms with E-state index in [1.165, 1.54) is 27.9 Å². The number of nitrogens with one attached hydrogen (secondary N) is 1.